The van der Waals surface area contributed by atoms with Gasteiger partial charge in [-0.1, -0.05) is 48.5 Å². The van der Waals surface area contributed by atoms with Crippen molar-refractivity contribution < 1.29 is 4.74 Å². The minimum absolute atomic E-state index is 0.716. The van der Waals surface area contributed by atoms with E-state index in [1.807, 2.05) is 25.1 Å². The number of nitrogen functional groups attached to an aromatic ring is 1. The fourth-order valence-corrected chi connectivity index (χ4v) is 4.32. The van der Waals surface area contributed by atoms with E-state index in [1.54, 1.807) is 0 Å². The van der Waals surface area contributed by atoms with Gasteiger partial charge in [0.2, 0.25) is 0 Å². The molecule has 4 aromatic rings. The molecule has 0 saturated heterocycles. The average Bonchev–Trinajstić information content (AvgIpc) is 3.08. The Morgan fingerprint density at radius 3 is 2.38 bits per heavy atom. The van der Waals surface area contributed by atoms with Gasteiger partial charge in [0.05, 0.1) is 0 Å². The largest absolute Gasteiger partial charge is 0.457 e. The molecule has 2 heteroatoms. The summed E-state index contributed by atoms with van der Waals surface area (Å²) in [6.45, 7) is 4.11. The van der Waals surface area contributed by atoms with Crippen molar-refractivity contribution in [2.24, 2.45) is 0 Å². The number of aryl methyl sites for hydroxylation is 2. The predicted molar refractivity (Wildman–Crippen MR) is 121 cm³/mol. The van der Waals surface area contributed by atoms with Crippen molar-refractivity contribution >= 4 is 5.69 Å². The SMILES string of the molecule is Cc1cc(N)cc(Oc2ccc(-c3cccc4c3Cc3ccccc3-4)cc2C)c1. The van der Waals surface area contributed by atoms with Crippen LogP contribution in [0, 0.1) is 13.8 Å². The van der Waals surface area contributed by atoms with Gasteiger partial charge in [-0.05, 0) is 89.0 Å². The summed E-state index contributed by atoms with van der Waals surface area (Å²) in [7, 11) is 0. The van der Waals surface area contributed by atoms with Crippen LogP contribution in [0.4, 0.5) is 5.69 Å². The number of hydrogen-bond donors (Lipinski definition) is 1. The quantitative estimate of drug-likeness (QED) is 0.346. The highest BCUT2D eigenvalue weighted by atomic mass is 16.5. The smallest absolute Gasteiger partial charge is 0.130 e. The molecule has 2 N–H and O–H groups in total. The lowest BCUT2D eigenvalue weighted by molar-refractivity contribution is 0.479. The summed E-state index contributed by atoms with van der Waals surface area (Å²) in [4.78, 5) is 0. The third-order valence-electron chi connectivity index (χ3n) is 5.64. The molecule has 0 amide bonds. The molecule has 0 aliphatic heterocycles. The summed E-state index contributed by atoms with van der Waals surface area (Å²) in [6, 6.07) is 27.6. The highest BCUT2D eigenvalue weighted by molar-refractivity contribution is 5.85. The molecule has 5 rings (SSSR count). The molecule has 29 heavy (non-hydrogen) atoms. The van der Waals surface area contributed by atoms with E-state index >= 15 is 0 Å². The van der Waals surface area contributed by atoms with Crippen molar-refractivity contribution in [2.45, 2.75) is 20.3 Å². The van der Waals surface area contributed by atoms with Gasteiger partial charge in [0.15, 0.2) is 0 Å². The lowest BCUT2D eigenvalue weighted by Crippen LogP contribution is -1.93. The van der Waals surface area contributed by atoms with E-state index in [4.69, 9.17) is 10.5 Å². The summed E-state index contributed by atoms with van der Waals surface area (Å²) in [5.41, 5.74) is 16.9. The van der Waals surface area contributed by atoms with Crippen molar-refractivity contribution in [3.63, 3.8) is 0 Å². The van der Waals surface area contributed by atoms with E-state index < -0.39 is 0 Å². The molecule has 1 aliphatic rings. The van der Waals surface area contributed by atoms with Crippen molar-refractivity contribution in [3.8, 4) is 33.8 Å². The predicted octanol–water partition coefficient (Wildman–Crippen LogP) is 6.92. The number of benzene rings is 4. The normalized spacial score (nSPS) is 11.8. The molecule has 4 aromatic carbocycles. The fraction of sp³-hybridized carbons (Fsp3) is 0.111. The fourth-order valence-electron chi connectivity index (χ4n) is 4.32. The van der Waals surface area contributed by atoms with Crippen LogP contribution in [0.3, 0.4) is 0 Å². The summed E-state index contributed by atoms with van der Waals surface area (Å²) < 4.78 is 6.12. The second-order valence-electron chi connectivity index (χ2n) is 7.83. The molecule has 1 aliphatic carbocycles. The van der Waals surface area contributed by atoms with Gasteiger partial charge in [0, 0.05) is 11.8 Å². The number of nitrogens with two attached hydrogens (primary N) is 1. The van der Waals surface area contributed by atoms with E-state index in [9.17, 15) is 0 Å². The Balaban J connectivity index is 1.50. The Morgan fingerprint density at radius 1 is 0.759 bits per heavy atom. The van der Waals surface area contributed by atoms with Crippen molar-refractivity contribution in [1.29, 1.82) is 0 Å². The summed E-state index contributed by atoms with van der Waals surface area (Å²) in [6.07, 6.45) is 0.988. The van der Waals surface area contributed by atoms with Crippen molar-refractivity contribution in [3.05, 3.63) is 101 Å². The molecule has 0 heterocycles. The third kappa shape index (κ3) is 3.17. The van der Waals surface area contributed by atoms with Crippen LogP contribution >= 0.6 is 0 Å². The van der Waals surface area contributed by atoms with E-state index in [0.717, 1.165) is 29.0 Å². The second-order valence-corrected chi connectivity index (χ2v) is 7.83. The van der Waals surface area contributed by atoms with Gasteiger partial charge >= 0.3 is 0 Å². The maximum Gasteiger partial charge on any atom is 0.130 e. The molecule has 0 radical (unpaired) electrons. The van der Waals surface area contributed by atoms with Crippen LogP contribution in [0.2, 0.25) is 0 Å². The van der Waals surface area contributed by atoms with Crippen LogP contribution in [0.15, 0.2) is 78.9 Å². The first-order valence-corrected chi connectivity index (χ1v) is 9.95. The number of hydrogen-bond acceptors (Lipinski definition) is 2. The number of rotatable bonds is 3. The van der Waals surface area contributed by atoms with Crippen LogP contribution in [-0.4, -0.2) is 0 Å². The molecule has 0 bridgehead atoms. The van der Waals surface area contributed by atoms with E-state index in [2.05, 4.69) is 67.6 Å². The average molecular weight is 377 g/mol. The monoisotopic (exact) mass is 377 g/mol. The van der Waals surface area contributed by atoms with Gasteiger partial charge in [-0.3, -0.25) is 0 Å². The molecule has 0 spiro atoms. The maximum atomic E-state index is 6.12. The molecule has 0 fully saturated rings. The molecule has 142 valence electrons. The summed E-state index contributed by atoms with van der Waals surface area (Å²) in [5.74, 6) is 1.63. The zero-order valence-corrected chi connectivity index (χ0v) is 16.7. The van der Waals surface area contributed by atoms with E-state index in [1.165, 1.54) is 33.4 Å². The Bertz CT molecular complexity index is 1220. The molecule has 2 nitrogen and oxygen atoms in total. The first-order valence-electron chi connectivity index (χ1n) is 9.95. The van der Waals surface area contributed by atoms with Crippen molar-refractivity contribution in [1.82, 2.24) is 0 Å². The lowest BCUT2D eigenvalue weighted by Gasteiger charge is -2.13. The molecule has 0 aromatic heterocycles. The Kier molecular flexibility index (Phi) is 4.13. The summed E-state index contributed by atoms with van der Waals surface area (Å²) >= 11 is 0. The topological polar surface area (TPSA) is 35.2 Å². The number of fused-ring (bicyclic) bond motifs is 3. The summed E-state index contributed by atoms with van der Waals surface area (Å²) in [5, 5.41) is 0. The first kappa shape index (κ1) is 17.6. The minimum Gasteiger partial charge on any atom is -0.457 e. The minimum atomic E-state index is 0.716. The van der Waals surface area contributed by atoms with Gasteiger partial charge in [0.1, 0.15) is 11.5 Å². The Hall–Kier alpha value is -3.52. The second kappa shape index (κ2) is 6.82. The zero-order chi connectivity index (χ0) is 20.0. The van der Waals surface area contributed by atoms with Crippen LogP contribution in [0.5, 0.6) is 11.5 Å². The van der Waals surface area contributed by atoms with E-state index in [0.29, 0.717) is 5.69 Å². The molecular formula is C27H23NO. The zero-order valence-electron chi connectivity index (χ0n) is 16.7. The number of ether oxygens (including phenoxy) is 1. The third-order valence-corrected chi connectivity index (χ3v) is 5.64. The van der Waals surface area contributed by atoms with Gasteiger partial charge < -0.3 is 10.5 Å². The van der Waals surface area contributed by atoms with E-state index in [-0.39, 0.29) is 0 Å². The Labute approximate surface area is 171 Å². The van der Waals surface area contributed by atoms with Crippen LogP contribution in [0.1, 0.15) is 22.3 Å². The van der Waals surface area contributed by atoms with Gasteiger partial charge in [-0.15, -0.1) is 0 Å². The van der Waals surface area contributed by atoms with Gasteiger partial charge in [-0.25, -0.2) is 0 Å². The van der Waals surface area contributed by atoms with Gasteiger partial charge in [0.25, 0.3) is 0 Å². The molecule has 0 unspecified atom stereocenters. The standard InChI is InChI=1S/C27H23NO/c1-17-12-21(28)16-22(13-17)29-27-11-10-20(14-18(27)2)24-8-5-9-25-23-7-4-3-6-19(23)15-26(24)25/h3-14,16H,15,28H2,1-2H3. The van der Waals surface area contributed by atoms with Gasteiger partial charge in [-0.2, -0.15) is 0 Å². The van der Waals surface area contributed by atoms with Crippen LogP contribution in [0.25, 0.3) is 22.3 Å². The highest BCUT2D eigenvalue weighted by Gasteiger charge is 2.21. The highest BCUT2D eigenvalue weighted by Crippen LogP contribution is 2.42. The van der Waals surface area contributed by atoms with Crippen LogP contribution in [-0.2, 0) is 6.42 Å². The molecule has 0 saturated carbocycles. The Morgan fingerprint density at radius 2 is 1.55 bits per heavy atom. The lowest BCUT2D eigenvalue weighted by atomic mass is 9.94. The first-order chi connectivity index (χ1) is 14.1. The maximum absolute atomic E-state index is 6.12. The van der Waals surface area contributed by atoms with Crippen molar-refractivity contribution in [2.75, 3.05) is 5.73 Å². The van der Waals surface area contributed by atoms with Crippen LogP contribution < -0.4 is 10.5 Å². The molecule has 0 atom stereocenters. The number of anilines is 1. The molecular weight excluding hydrogens is 354 g/mol.